The van der Waals surface area contributed by atoms with Crippen molar-refractivity contribution >= 4 is 16.1 Å². The lowest BCUT2D eigenvalue weighted by Crippen LogP contribution is -2.39. The molecule has 0 saturated carbocycles. The van der Waals surface area contributed by atoms with Crippen LogP contribution in [0.2, 0.25) is 0 Å². The van der Waals surface area contributed by atoms with Crippen LogP contribution in [0.15, 0.2) is 0 Å². The van der Waals surface area contributed by atoms with E-state index in [0.29, 0.717) is 25.9 Å². The Bertz CT molecular complexity index is 340. The Kier molecular flexibility index (Phi) is 4.69. The molecule has 1 atom stereocenters. The number of carboxylic acids is 1. The standard InChI is InChI=1S/C9H17NO5S/c11-9(12)8-3-1-4-10(7-8)5-2-6-16(13,14)15/h8H,1-7H2,(H,11,12)(H,13,14,15). The molecule has 0 amide bonds. The fourth-order valence-electron chi connectivity index (χ4n) is 1.93. The van der Waals surface area contributed by atoms with Gasteiger partial charge in [0.15, 0.2) is 0 Å². The van der Waals surface area contributed by atoms with Crippen molar-refractivity contribution in [2.75, 3.05) is 25.4 Å². The first-order chi connectivity index (χ1) is 7.38. The molecule has 2 N–H and O–H groups in total. The van der Waals surface area contributed by atoms with Gasteiger partial charge in [0.1, 0.15) is 0 Å². The van der Waals surface area contributed by atoms with Crippen LogP contribution < -0.4 is 0 Å². The maximum absolute atomic E-state index is 10.8. The monoisotopic (exact) mass is 251 g/mol. The number of rotatable bonds is 5. The van der Waals surface area contributed by atoms with Crippen LogP contribution in [0.3, 0.4) is 0 Å². The number of carbonyl (C=O) groups is 1. The fraction of sp³-hybridized carbons (Fsp3) is 0.889. The Hall–Kier alpha value is -0.660. The third kappa shape index (κ3) is 4.91. The second kappa shape index (κ2) is 5.60. The summed E-state index contributed by atoms with van der Waals surface area (Å²) >= 11 is 0. The highest BCUT2D eigenvalue weighted by atomic mass is 32.2. The first kappa shape index (κ1) is 13.4. The molecule has 7 heteroatoms. The summed E-state index contributed by atoms with van der Waals surface area (Å²) in [5.74, 6) is -1.40. The highest BCUT2D eigenvalue weighted by Crippen LogP contribution is 2.16. The maximum atomic E-state index is 10.8. The van der Waals surface area contributed by atoms with Crippen molar-refractivity contribution in [1.29, 1.82) is 0 Å². The molecule has 0 aliphatic carbocycles. The van der Waals surface area contributed by atoms with Crippen LogP contribution in [0, 0.1) is 5.92 Å². The number of carboxylic acid groups (broad SMARTS) is 1. The normalized spacial score (nSPS) is 23.2. The highest BCUT2D eigenvalue weighted by molar-refractivity contribution is 7.85. The summed E-state index contributed by atoms with van der Waals surface area (Å²) in [5, 5.41) is 8.85. The fourth-order valence-corrected chi connectivity index (χ4v) is 2.42. The summed E-state index contributed by atoms with van der Waals surface area (Å²) in [4.78, 5) is 12.7. The minimum Gasteiger partial charge on any atom is -0.481 e. The van der Waals surface area contributed by atoms with Crippen LogP contribution in [-0.2, 0) is 14.9 Å². The van der Waals surface area contributed by atoms with Gasteiger partial charge < -0.3 is 10.0 Å². The topological polar surface area (TPSA) is 94.9 Å². The maximum Gasteiger partial charge on any atom is 0.307 e. The smallest absolute Gasteiger partial charge is 0.307 e. The Balaban J connectivity index is 2.30. The van der Waals surface area contributed by atoms with E-state index in [2.05, 4.69) is 0 Å². The molecule has 94 valence electrons. The number of likely N-dealkylation sites (tertiary alicyclic amines) is 1. The van der Waals surface area contributed by atoms with Crippen LogP contribution in [0.25, 0.3) is 0 Å². The van der Waals surface area contributed by atoms with Gasteiger partial charge in [0.05, 0.1) is 11.7 Å². The molecule has 1 aliphatic heterocycles. The summed E-state index contributed by atoms with van der Waals surface area (Å²) < 4.78 is 29.5. The van der Waals surface area contributed by atoms with Gasteiger partial charge in [0.25, 0.3) is 10.1 Å². The lowest BCUT2D eigenvalue weighted by molar-refractivity contribution is -0.143. The van der Waals surface area contributed by atoms with Crippen molar-refractivity contribution in [2.45, 2.75) is 19.3 Å². The number of aliphatic carboxylic acids is 1. The Morgan fingerprint density at radius 3 is 2.69 bits per heavy atom. The quantitative estimate of drug-likeness (QED) is 0.671. The Morgan fingerprint density at radius 1 is 1.44 bits per heavy atom. The Labute approximate surface area is 95.0 Å². The molecule has 1 saturated heterocycles. The predicted molar refractivity (Wildman–Crippen MR) is 57.8 cm³/mol. The van der Waals surface area contributed by atoms with Gasteiger partial charge in [0, 0.05) is 6.54 Å². The van der Waals surface area contributed by atoms with Crippen LogP contribution in [-0.4, -0.2) is 54.3 Å². The van der Waals surface area contributed by atoms with Gasteiger partial charge in [-0.1, -0.05) is 0 Å². The predicted octanol–water partition coefficient (Wildman–Crippen LogP) is 0.0609. The van der Waals surface area contributed by atoms with E-state index in [9.17, 15) is 13.2 Å². The molecular weight excluding hydrogens is 234 g/mol. The number of hydrogen-bond donors (Lipinski definition) is 2. The molecule has 0 spiro atoms. The zero-order valence-electron chi connectivity index (χ0n) is 9.00. The lowest BCUT2D eigenvalue weighted by Gasteiger charge is -2.30. The van der Waals surface area contributed by atoms with Crippen LogP contribution in [0.1, 0.15) is 19.3 Å². The molecule has 0 radical (unpaired) electrons. The zero-order valence-corrected chi connectivity index (χ0v) is 9.82. The second-order valence-corrected chi connectivity index (χ2v) is 5.69. The summed E-state index contributed by atoms with van der Waals surface area (Å²) in [6, 6.07) is 0. The van der Waals surface area contributed by atoms with Crippen molar-refractivity contribution in [3.8, 4) is 0 Å². The Morgan fingerprint density at radius 2 is 2.12 bits per heavy atom. The molecule has 0 bridgehead atoms. The van der Waals surface area contributed by atoms with E-state index in [0.717, 1.165) is 13.0 Å². The second-order valence-electron chi connectivity index (χ2n) is 4.12. The minimum atomic E-state index is -3.90. The van der Waals surface area contributed by atoms with Gasteiger partial charge in [-0.2, -0.15) is 8.42 Å². The summed E-state index contributed by atoms with van der Waals surface area (Å²) in [6.07, 6.45) is 1.85. The molecule has 1 rings (SSSR count). The van der Waals surface area contributed by atoms with E-state index in [1.165, 1.54) is 0 Å². The molecule has 0 aromatic rings. The molecule has 6 nitrogen and oxygen atoms in total. The van der Waals surface area contributed by atoms with E-state index in [1.54, 1.807) is 0 Å². The highest BCUT2D eigenvalue weighted by Gasteiger charge is 2.24. The van der Waals surface area contributed by atoms with Gasteiger partial charge in [-0.15, -0.1) is 0 Å². The number of hydrogen-bond acceptors (Lipinski definition) is 4. The van der Waals surface area contributed by atoms with Gasteiger partial charge in [0.2, 0.25) is 0 Å². The van der Waals surface area contributed by atoms with E-state index in [-0.39, 0.29) is 11.7 Å². The molecule has 1 heterocycles. The molecule has 1 fully saturated rings. The minimum absolute atomic E-state index is 0.263. The van der Waals surface area contributed by atoms with E-state index < -0.39 is 16.1 Å². The summed E-state index contributed by atoms with van der Waals surface area (Å²) in [6.45, 7) is 1.79. The number of piperidine rings is 1. The third-order valence-corrected chi connectivity index (χ3v) is 3.54. The number of nitrogens with zero attached hydrogens (tertiary/aromatic N) is 1. The van der Waals surface area contributed by atoms with Gasteiger partial charge in [-0.25, -0.2) is 0 Å². The first-order valence-electron chi connectivity index (χ1n) is 5.29. The van der Waals surface area contributed by atoms with Gasteiger partial charge in [-0.05, 0) is 32.4 Å². The molecule has 0 aromatic carbocycles. The summed E-state index contributed by atoms with van der Waals surface area (Å²) in [5.41, 5.74) is 0. The molecule has 1 unspecified atom stereocenters. The van der Waals surface area contributed by atoms with E-state index in [1.807, 2.05) is 4.90 Å². The van der Waals surface area contributed by atoms with Crippen LogP contribution in [0.4, 0.5) is 0 Å². The zero-order chi connectivity index (χ0) is 12.2. The van der Waals surface area contributed by atoms with Crippen LogP contribution in [0.5, 0.6) is 0 Å². The average Bonchev–Trinajstić information content (AvgIpc) is 2.16. The van der Waals surface area contributed by atoms with E-state index >= 15 is 0 Å². The van der Waals surface area contributed by atoms with Crippen molar-refractivity contribution in [2.24, 2.45) is 5.92 Å². The van der Waals surface area contributed by atoms with Crippen molar-refractivity contribution in [1.82, 2.24) is 4.90 Å². The molecule has 0 aromatic heterocycles. The average molecular weight is 251 g/mol. The van der Waals surface area contributed by atoms with Gasteiger partial charge >= 0.3 is 5.97 Å². The lowest BCUT2D eigenvalue weighted by atomic mass is 9.98. The molecule has 1 aliphatic rings. The van der Waals surface area contributed by atoms with Gasteiger partial charge in [-0.3, -0.25) is 9.35 Å². The molecule has 16 heavy (non-hydrogen) atoms. The SMILES string of the molecule is O=C(O)C1CCCN(CCCS(=O)(=O)O)C1. The van der Waals surface area contributed by atoms with E-state index in [4.69, 9.17) is 9.66 Å². The largest absolute Gasteiger partial charge is 0.481 e. The van der Waals surface area contributed by atoms with Crippen molar-refractivity contribution < 1.29 is 22.9 Å². The molecular formula is C9H17NO5S. The third-order valence-electron chi connectivity index (χ3n) is 2.73. The summed E-state index contributed by atoms with van der Waals surface area (Å²) in [7, 11) is -3.90. The van der Waals surface area contributed by atoms with Crippen molar-refractivity contribution in [3.63, 3.8) is 0 Å². The van der Waals surface area contributed by atoms with Crippen molar-refractivity contribution in [3.05, 3.63) is 0 Å². The van der Waals surface area contributed by atoms with Crippen LogP contribution >= 0.6 is 0 Å². The first-order valence-corrected chi connectivity index (χ1v) is 6.90.